The largest absolute Gasteiger partial charge is 0.493 e. The zero-order valence-electron chi connectivity index (χ0n) is 19.7. The second-order valence-electron chi connectivity index (χ2n) is 7.47. The van der Waals surface area contributed by atoms with Crippen molar-refractivity contribution < 1.29 is 31.5 Å². The van der Waals surface area contributed by atoms with Crippen LogP contribution in [0, 0.1) is 11.6 Å². The summed E-state index contributed by atoms with van der Waals surface area (Å²) in [6, 6.07) is 15.7. The Morgan fingerprint density at radius 1 is 0.944 bits per heavy atom. The Morgan fingerprint density at radius 3 is 2.28 bits per heavy atom. The molecule has 0 saturated heterocycles. The number of carbonyl (C=O) groups is 1. The normalized spacial score (nSPS) is 11.1. The standard InChI is InChI=1S/C25H26F2N2O5S2/c1-33-23-12-11-19(15-24(23)34-2)36(31,32)29(22-10-6-5-9-21(22)27)16-25(30)28-13-14-35-17-18-7-3-4-8-20(18)26/h3-12,15H,13-14,16-17H2,1-2H3,(H,28,30). The lowest BCUT2D eigenvalue weighted by Crippen LogP contribution is -2.41. The van der Waals surface area contributed by atoms with E-state index in [-0.39, 0.29) is 28.7 Å². The van der Waals surface area contributed by atoms with Gasteiger partial charge in [-0.3, -0.25) is 9.10 Å². The predicted molar refractivity (Wildman–Crippen MR) is 136 cm³/mol. The van der Waals surface area contributed by atoms with E-state index in [1.54, 1.807) is 18.2 Å². The number of methoxy groups -OCH3 is 2. The van der Waals surface area contributed by atoms with E-state index in [4.69, 9.17) is 9.47 Å². The van der Waals surface area contributed by atoms with Gasteiger partial charge in [0.2, 0.25) is 5.91 Å². The number of sulfonamides is 1. The summed E-state index contributed by atoms with van der Waals surface area (Å²) in [5.41, 5.74) is 0.289. The maximum atomic E-state index is 14.6. The quantitative estimate of drug-likeness (QED) is 0.349. The molecule has 0 fully saturated rings. The van der Waals surface area contributed by atoms with Crippen LogP contribution in [0.25, 0.3) is 0 Å². The molecule has 0 aromatic heterocycles. The molecule has 36 heavy (non-hydrogen) atoms. The minimum Gasteiger partial charge on any atom is -0.493 e. The first-order valence-electron chi connectivity index (χ1n) is 10.8. The SMILES string of the molecule is COc1ccc(S(=O)(=O)N(CC(=O)NCCSCc2ccccc2F)c2ccccc2F)cc1OC. The number of hydrogen-bond donors (Lipinski definition) is 1. The molecule has 192 valence electrons. The van der Waals surface area contributed by atoms with Gasteiger partial charge in [0.1, 0.15) is 18.2 Å². The molecule has 0 aliphatic rings. The molecule has 0 spiro atoms. The first-order chi connectivity index (χ1) is 17.3. The van der Waals surface area contributed by atoms with Crippen LogP contribution in [0.4, 0.5) is 14.5 Å². The maximum Gasteiger partial charge on any atom is 0.265 e. The molecule has 1 amide bonds. The first-order valence-corrected chi connectivity index (χ1v) is 13.4. The fourth-order valence-corrected chi connectivity index (χ4v) is 5.59. The van der Waals surface area contributed by atoms with Crippen LogP contribution in [-0.2, 0) is 20.6 Å². The third-order valence-corrected chi connectivity index (χ3v) is 7.90. The number of rotatable bonds is 12. The Hall–Kier alpha value is -3.31. The van der Waals surface area contributed by atoms with Crippen LogP contribution in [0.2, 0.25) is 0 Å². The lowest BCUT2D eigenvalue weighted by atomic mass is 10.2. The summed E-state index contributed by atoms with van der Waals surface area (Å²) in [5, 5.41) is 2.64. The summed E-state index contributed by atoms with van der Waals surface area (Å²) in [6.45, 7) is -0.422. The van der Waals surface area contributed by atoms with E-state index >= 15 is 0 Å². The zero-order chi connectivity index (χ0) is 26.1. The Balaban J connectivity index is 1.73. The third-order valence-electron chi connectivity index (χ3n) is 5.14. The first kappa shape index (κ1) is 27.3. The van der Waals surface area contributed by atoms with Gasteiger partial charge in [-0.2, -0.15) is 11.8 Å². The number of thioether (sulfide) groups is 1. The van der Waals surface area contributed by atoms with Gasteiger partial charge >= 0.3 is 0 Å². The Bertz CT molecular complexity index is 1310. The summed E-state index contributed by atoms with van der Waals surface area (Å²) >= 11 is 1.42. The van der Waals surface area contributed by atoms with Gasteiger partial charge in [-0.1, -0.05) is 30.3 Å². The Kier molecular flexibility index (Phi) is 9.54. The monoisotopic (exact) mass is 536 g/mol. The number of hydrogen-bond acceptors (Lipinski definition) is 6. The van der Waals surface area contributed by atoms with Crippen molar-refractivity contribution in [3.63, 3.8) is 0 Å². The van der Waals surface area contributed by atoms with Crippen molar-refractivity contribution in [2.24, 2.45) is 0 Å². The molecule has 0 unspecified atom stereocenters. The fourth-order valence-electron chi connectivity index (χ4n) is 3.30. The highest BCUT2D eigenvalue weighted by molar-refractivity contribution is 7.98. The van der Waals surface area contributed by atoms with E-state index in [0.717, 1.165) is 6.07 Å². The molecule has 3 aromatic rings. The van der Waals surface area contributed by atoms with Crippen LogP contribution in [0.5, 0.6) is 11.5 Å². The van der Waals surface area contributed by atoms with Gasteiger partial charge in [-0.25, -0.2) is 17.2 Å². The van der Waals surface area contributed by atoms with Crippen LogP contribution in [0.15, 0.2) is 71.6 Å². The lowest BCUT2D eigenvalue weighted by Gasteiger charge is -2.25. The minimum absolute atomic E-state index is 0.170. The highest BCUT2D eigenvalue weighted by atomic mass is 32.2. The summed E-state index contributed by atoms with van der Waals surface area (Å²) in [4.78, 5) is 12.5. The van der Waals surface area contributed by atoms with E-state index in [1.165, 1.54) is 68.4 Å². The van der Waals surface area contributed by atoms with Gasteiger partial charge in [0.05, 0.1) is 24.8 Å². The number of amides is 1. The second-order valence-corrected chi connectivity index (χ2v) is 10.4. The number of benzene rings is 3. The summed E-state index contributed by atoms with van der Waals surface area (Å²) in [7, 11) is -1.58. The molecule has 0 aliphatic heterocycles. The van der Waals surface area contributed by atoms with Crippen LogP contribution in [-0.4, -0.2) is 47.4 Å². The molecule has 3 aromatic carbocycles. The molecule has 11 heteroatoms. The van der Waals surface area contributed by atoms with Crippen molar-refractivity contribution in [3.05, 3.63) is 83.9 Å². The fraction of sp³-hybridized carbons (Fsp3) is 0.240. The summed E-state index contributed by atoms with van der Waals surface area (Å²) < 4.78 is 66.4. The topological polar surface area (TPSA) is 84.9 Å². The molecule has 3 rings (SSSR count). The van der Waals surface area contributed by atoms with Gasteiger partial charge in [0, 0.05) is 24.1 Å². The summed E-state index contributed by atoms with van der Waals surface area (Å²) in [6.07, 6.45) is 0. The number of halogens is 2. The highest BCUT2D eigenvalue weighted by Gasteiger charge is 2.30. The number of ether oxygens (including phenoxy) is 2. The minimum atomic E-state index is -4.36. The van der Waals surface area contributed by atoms with Gasteiger partial charge < -0.3 is 14.8 Å². The Labute approximate surface area is 213 Å². The smallest absolute Gasteiger partial charge is 0.265 e. The van der Waals surface area contributed by atoms with E-state index in [1.807, 2.05) is 0 Å². The van der Waals surface area contributed by atoms with Crippen LogP contribution in [0.1, 0.15) is 5.56 Å². The van der Waals surface area contributed by atoms with Gasteiger partial charge in [0.25, 0.3) is 10.0 Å². The van der Waals surface area contributed by atoms with Crippen molar-refractivity contribution in [2.75, 3.05) is 37.4 Å². The number of carbonyl (C=O) groups excluding carboxylic acids is 1. The summed E-state index contributed by atoms with van der Waals surface area (Å²) in [5.74, 6) is -0.318. The second kappa shape index (κ2) is 12.6. The molecular formula is C25H26F2N2O5S2. The van der Waals surface area contributed by atoms with Crippen molar-refractivity contribution in [2.45, 2.75) is 10.6 Å². The average molecular weight is 537 g/mol. The number of nitrogens with one attached hydrogen (secondary N) is 1. The van der Waals surface area contributed by atoms with Crippen molar-refractivity contribution in [1.82, 2.24) is 5.32 Å². The molecular weight excluding hydrogens is 510 g/mol. The van der Waals surface area contributed by atoms with E-state index in [9.17, 15) is 22.0 Å². The van der Waals surface area contributed by atoms with Crippen LogP contribution in [0.3, 0.4) is 0 Å². The zero-order valence-corrected chi connectivity index (χ0v) is 21.4. The third kappa shape index (κ3) is 6.67. The van der Waals surface area contributed by atoms with Crippen LogP contribution >= 0.6 is 11.8 Å². The number of anilines is 1. The molecule has 0 heterocycles. The lowest BCUT2D eigenvalue weighted by molar-refractivity contribution is -0.119. The molecule has 0 radical (unpaired) electrons. The molecule has 0 aliphatic carbocycles. The van der Waals surface area contributed by atoms with E-state index in [0.29, 0.717) is 27.1 Å². The van der Waals surface area contributed by atoms with Crippen molar-refractivity contribution in [1.29, 1.82) is 0 Å². The maximum absolute atomic E-state index is 14.6. The molecule has 1 N–H and O–H groups in total. The average Bonchev–Trinajstić information content (AvgIpc) is 2.88. The molecule has 0 bridgehead atoms. The predicted octanol–water partition coefficient (Wildman–Crippen LogP) is 4.23. The van der Waals surface area contributed by atoms with Gasteiger partial charge in [-0.15, -0.1) is 0 Å². The molecule has 7 nitrogen and oxygen atoms in total. The van der Waals surface area contributed by atoms with Gasteiger partial charge in [-0.05, 0) is 35.9 Å². The Morgan fingerprint density at radius 2 is 1.61 bits per heavy atom. The van der Waals surface area contributed by atoms with Crippen LogP contribution < -0.4 is 19.1 Å². The van der Waals surface area contributed by atoms with Gasteiger partial charge in [0.15, 0.2) is 11.5 Å². The molecule has 0 saturated carbocycles. The van der Waals surface area contributed by atoms with E-state index in [2.05, 4.69) is 5.32 Å². The highest BCUT2D eigenvalue weighted by Crippen LogP contribution is 2.32. The van der Waals surface area contributed by atoms with Crippen molar-refractivity contribution in [3.8, 4) is 11.5 Å². The number of nitrogens with zero attached hydrogens (tertiary/aromatic N) is 1. The molecule has 0 atom stereocenters. The van der Waals surface area contributed by atoms with Crippen molar-refractivity contribution >= 4 is 33.4 Å². The van der Waals surface area contributed by atoms with E-state index < -0.39 is 28.3 Å². The number of para-hydroxylation sites is 1.